The Morgan fingerprint density at radius 3 is 2.46 bits per heavy atom. The monoisotopic (exact) mass is 404 g/mol. The average molecular weight is 405 g/mol. The fraction of sp³-hybridized carbons (Fsp3) is 0.682. The highest BCUT2D eigenvalue weighted by molar-refractivity contribution is 7.89. The molecule has 1 saturated heterocycles. The van der Waals surface area contributed by atoms with Gasteiger partial charge in [-0.15, -0.1) is 0 Å². The van der Waals surface area contributed by atoms with Crippen molar-refractivity contribution < 1.29 is 13.2 Å². The van der Waals surface area contributed by atoms with E-state index in [1.807, 2.05) is 6.92 Å². The molecule has 1 heterocycles. The van der Waals surface area contributed by atoms with Crippen molar-refractivity contribution in [2.75, 3.05) is 6.54 Å². The van der Waals surface area contributed by atoms with E-state index in [0.29, 0.717) is 18.0 Å². The Labute approximate surface area is 168 Å². The lowest BCUT2D eigenvalue weighted by Crippen LogP contribution is -2.42. The number of benzene rings is 1. The van der Waals surface area contributed by atoms with E-state index in [1.165, 1.54) is 25.7 Å². The van der Waals surface area contributed by atoms with E-state index in [9.17, 15) is 13.2 Å². The number of hydrogen-bond donors (Lipinski definition) is 1. The molecule has 1 aromatic carbocycles. The molecule has 1 aliphatic heterocycles. The van der Waals surface area contributed by atoms with Gasteiger partial charge in [0.2, 0.25) is 10.0 Å². The fourth-order valence-electron chi connectivity index (χ4n) is 5.65. The van der Waals surface area contributed by atoms with Crippen LogP contribution in [0.3, 0.4) is 0 Å². The lowest BCUT2D eigenvalue weighted by atomic mass is 9.84. The van der Waals surface area contributed by atoms with Crippen molar-refractivity contribution in [1.82, 2.24) is 9.62 Å². The van der Waals surface area contributed by atoms with Gasteiger partial charge in [0.1, 0.15) is 0 Å². The molecule has 1 amide bonds. The summed E-state index contributed by atoms with van der Waals surface area (Å²) >= 11 is 0. The molecule has 1 N–H and O–H groups in total. The summed E-state index contributed by atoms with van der Waals surface area (Å²) in [5.74, 6) is 2.10. The zero-order chi connectivity index (χ0) is 19.9. The molecule has 5 nitrogen and oxygen atoms in total. The fourth-order valence-corrected chi connectivity index (χ4v) is 7.35. The highest BCUT2D eigenvalue weighted by Gasteiger charge is 2.42. The van der Waals surface area contributed by atoms with Crippen LogP contribution < -0.4 is 5.32 Å². The summed E-state index contributed by atoms with van der Waals surface area (Å²) in [6, 6.07) is 6.64. The van der Waals surface area contributed by atoms with Gasteiger partial charge in [0.15, 0.2) is 0 Å². The van der Waals surface area contributed by atoms with Crippen molar-refractivity contribution >= 4 is 15.9 Å². The van der Waals surface area contributed by atoms with Crippen LogP contribution in [-0.4, -0.2) is 37.3 Å². The number of piperidine rings is 1. The molecule has 1 aromatic rings. The van der Waals surface area contributed by atoms with E-state index in [-0.39, 0.29) is 22.9 Å². The smallest absolute Gasteiger partial charge is 0.251 e. The van der Waals surface area contributed by atoms with E-state index in [2.05, 4.69) is 12.2 Å². The first-order valence-corrected chi connectivity index (χ1v) is 12.2. The van der Waals surface area contributed by atoms with Crippen LogP contribution in [0.15, 0.2) is 29.2 Å². The van der Waals surface area contributed by atoms with E-state index in [4.69, 9.17) is 0 Å². The van der Waals surface area contributed by atoms with Gasteiger partial charge in [0.05, 0.1) is 4.90 Å². The van der Waals surface area contributed by atoms with Crippen molar-refractivity contribution in [2.24, 2.45) is 17.8 Å². The van der Waals surface area contributed by atoms with Gasteiger partial charge in [0, 0.05) is 24.2 Å². The molecule has 3 fully saturated rings. The number of hydrogen-bond acceptors (Lipinski definition) is 3. The average Bonchev–Trinajstić information content (AvgIpc) is 3.32. The molecule has 6 heteroatoms. The zero-order valence-corrected chi connectivity index (χ0v) is 17.7. The highest BCUT2D eigenvalue weighted by atomic mass is 32.2. The molecule has 5 atom stereocenters. The van der Waals surface area contributed by atoms with Crippen molar-refractivity contribution in [1.29, 1.82) is 0 Å². The molecule has 0 spiro atoms. The van der Waals surface area contributed by atoms with Crippen LogP contribution in [0.2, 0.25) is 0 Å². The molecule has 0 radical (unpaired) electrons. The Hall–Kier alpha value is -1.40. The second-order valence-corrected chi connectivity index (χ2v) is 11.0. The van der Waals surface area contributed by atoms with Crippen LogP contribution >= 0.6 is 0 Å². The summed E-state index contributed by atoms with van der Waals surface area (Å²) in [4.78, 5) is 12.9. The van der Waals surface area contributed by atoms with Gasteiger partial charge < -0.3 is 5.32 Å². The number of sulfonamides is 1. The number of nitrogens with one attached hydrogen (secondary N) is 1. The largest absolute Gasteiger partial charge is 0.349 e. The number of amides is 1. The third kappa shape index (κ3) is 3.73. The summed E-state index contributed by atoms with van der Waals surface area (Å²) in [6.45, 7) is 4.65. The van der Waals surface area contributed by atoms with Crippen molar-refractivity contribution in [3.8, 4) is 0 Å². The minimum Gasteiger partial charge on any atom is -0.349 e. The topological polar surface area (TPSA) is 66.5 Å². The van der Waals surface area contributed by atoms with E-state index in [0.717, 1.165) is 31.1 Å². The van der Waals surface area contributed by atoms with Crippen LogP contribution in [0.1, 0.15) is 69.2 Å². The molecule has 2 aliphatic carbocycles. The standard InChI is InChI=1S/C22H32N2O3S/c1-15-5-3-4-12-24(15)28(26,27)20-10-8-18(9-11-20)22(25)23-16(2)21-14-17-6-7-19(21)13-17/h8-11,15-17,19,21H,3-7,12-14H2,1-2H3,(H,23,25). The summed E-state index contributed by atoms with van der Waals surface area (Å²) in [6.07, 6.45) is 8.10. The van der Waals surface area contributed by atoms with Gasteiger partial charge in [-0.25, -0.2) is 8.42 Å². The van der Waals surface area contributed by atoms with Gasteiger partial charge in [-0.2, -0.15) is 4.31 Å². The number of carbonyl (C=O) groups is 1. The van der Waals surface area contributed by atoms with Gasteiger partial charge in [-0.05, 0) is 88.0 Å². The SMILES string of the molecule is CC(NC(=O)c1ccc(S(=O)(=O)N2CCCCC2C)cc1)C1CC2CCC1C2. The third-order valence-corrected chi connectivity index (χ3v) is 9.29. The van der Waals surface area contributed by atoms with Crippen LogP contribution in [-0.2, 0) is 10.0 Å². The van der Waals surface area contributed by atoms with Crippen LogP contribution in [0.25, 0.3) is 0 Å². The first-order valence-electron chi connectivity index (χ1n) is 10.8. The summed E-state index contributed by atoms with van der Waals surface area (Å²) in [5.41, 5.74) is 0.528. The summed E-state index contributed by atoms with van der Waals surface area (Å²) < 4.78 is 27.5. The first-order chi connectivity index (χ1) is 13.4. The zero-order valence-electron chi connectivity index (χ0n) is 16.9. The molecule has 5 unspecified atom stereocenters. The first kappa shape index (κ1) is 19.9. The number of fused-ring (bicyclic) bond motifs is 2. The number of carbonyl (C=O) groups excluding carboxylic acids is 1. The maximum atomic E-state index is 12.9. The Bertz CT molecular complexity index is 821. The molecule has 3 aliphatic rings. The van der Waals surface area contributed by atoms with Gasteiger partial charge >= 0.3 is 0 Å². The minimum atomic E-state index is -3.49. The maximum absolute atomic E-state index is 12.9. The van der Waals surface area contributed by atoms with Gasteiger partial charge in [-0.1, -0.05) is 12.8 Å². The molecule has 0 aromatic heterocycles. The van der Waals surface area contributed by atoms with Crippen molar-refractivity contribution in [3.63, 3.8) is 0 Å². The number of rotatable bonds is 5. The van der Waals surface area contributed by atoms with Gasteiger partial charge in [0.25, 0.3) is 5.91 Å². The molecular formula is C22H32N2O3S. The highest BCUT2D eigenvalue weighted by Crippen LogP contribution is 2.49. The van der Waals surface area contributed by atoms with Crippen LogP contribution in [0, 0.1) is 17.8 Å². The predicted molar refractivity (Wildman–Crippen MR) is 110 cm³/mol. The van der Waals surface area contributed by atoms with Crippen molar-refractivity contribution in [2.45, 2.75) is 75.8 Å². The van der Waals surface area contributed by atoms with Gasteiger partial charge in [-0.3, -0.25) is 4.79 Å². The molecule has 28 heavy (non-hydrogen) atoms. The quantitative estimate of drug-likeness (QED) is 0.812. The van der Waals surface area contributed by atoms with Crippen LogP contribution in [0.4, 0.5) is 0 Å². The van der Waals surface area contributed by atoms with E-state index in [1.54, 1.807) is 28.6 Å². The molecular weight excluding hydrogens is 372 g/mol. The minimum absolute atomic E-state index is 0.0318. The van der Waals surface area contributed by atoms with Crippen LogP contribution in [0.5, 0.6) is 0 Å². The van der Waals surface area contributed by atoms with E-state index >= 15 is 0 Å². The molecule has 4 rings (SSSR count). The summed E-state index contributed by atoms with van der Waals surface area (Å²) in [7, 11) is -3.49. The Morgan fingerprint density at radius 2 is 1.86 bits per heavy atom. The summed E-state index contributed by atoms with van der Waals surface area (Å²) in [5, 5.41) is 3.15. The number of nitrogens with zero attached hydrogens (tertiary/aromatic N) is 1. The van der Waals surface area contributed by atoms with Crippen molar-refractivity contribution in [3.05, 3.63) is 29.8 Å². The lowest BCUT2D eigenvalue weighted by Gasteiger charge is -2.32. The maximum Gasteiger partial charge on any atom is 0.251 e. The Morgan fingerprint density at radius 1 is 1.11 bits per heavy atom. The molecule has 154 valence electrons. The second kappa shape index (κ2) is 7.79. The third-order valence-electron chi connectivity index (χ3n) is 7.26. The molecule has 2 saturated carbocycles. The van der Waals surface area contributed by atoms with E-state index < -0.39 is 10.0 Å². The predicted octanol–water partition coefficient (Wildman–Crippen LogP) is 3.80. The molecule has 2 bridgehead atoms. The Balaban J connectivity index is 1.42. The lowest BCUT2D eigenvalue weighted by molar-refractivity contribution is 0.0915. The Kier molecular flexibility index (Phi) is 5.53. The normalized spacial score (nSPS) is 31.6. The second-order valence-electron chi connectivity index (χ2n) is 9.09.